The fourth-order valence-corrected chi connectivity index (χ4v) is 3.46. The SMILES string of the molecule is Cc1ccccc1-n1cnnc1SCC(=O)N(C)CC(=O)Nc1ccc(F)cc1. The van der Waals surface area contributed by atoms with Gasteiger partial charge in [0.15, 0.2) is 5.16 Å². The number of hydrogen-bond acceptors (Lipinski definition) is 5. The van der Waals surface area contributed by atoms with Gasteiger partial charge in [-0.1, -0.05) is 30.0 Å². The summed E-state index contributed by atoms with van der Waals surface area (Å²) in [6.45, 7) is 1.88. The van der Waals surface area contributed by atoms with E-state index in [2.05, 4.69) is 15.5 Å². The van der Waals surface area contributed by atoms with Crippen molar-refractivity contribution < 1.29 is 14.0 Å². The summed E-state index contributed by atoms with van der Waals surface area (Å²) in [7, 11) is 1.55. The molecule has 2 aromatic carbocycles. The van der Waals surface area contributed by atoms with Crippen molar-refractivity contribution >= 4 is 29.3 Å². The van der Waals surface area contributed by atoms with Gasteiger partial charge < -0.3 is 10.2 Å². The number of nitrogens with zero attached hydrogens (tertiary/aromatic N) is 4. The lowest BCUT2D eigenvalue weighted by molar-refractivity contribution is -0.131. The van der Waals surface area contributed by atoms with E-state index in [0.29, 0.717) is 10.8 Å². The molecule has 0 unspecified atom stereocenters. The molecule has 0 fully saturated rings. The second-order valence-corrected chi connectivity index (χ2v) is 7.31. The predicted octanol–water partition coefficient (Wildman–Crippen LogP) is 2.90. The first-order valence-electron chi connectivity index (χ1n) is 8.82. The average molecular weight is 413 g/mol. The molecule has 29 heavy (non-hydrogen) atoms. The van der Waals surface area contributed by atoms with Gasteiger partial charge in [0.25, 0.3) is 0 Å². The quantitative estimate of drug-likeness (QED) is 0.603. The Bertz CT molecular complexity index is 1010. The summed E-state index contributed by atoms with van der Waals surface area (Å²) in [5.41, 5.74) is 2.48. The molecule has 0 spiro atoms. The summed E-state index contributed by atoms with van der Waals surface area (Å²) >= 11 is 1.25. The second kappa shape index (κ2) is 9.33. The number of halogens is 1. The van der Waals surface area contributed by atoms with Gasteiger partial charge in [-0.05, 0) is 42.8 Å². The normalized spacial score (nSPS) is 10.6. The molecule has 0 saturated heterocycles. The number of aromatic nitrogens is 3. The Kier molecular flexibility index (Phi) is 6.61. The molecule has 0 aliphatic carbocycles. The number of aryl methyl sites for hydroxylation is 1. The Morgan fingerprint density at radius 3 is 2.62 bits per heavy atom. The van der Waals surface area contributed by atoms with Crippen molar-refractivity contribution in [3.8, 4) is 5.69 Å². The third kappa shape index (κ3) is 5.41. The van der Waals surface area contributed by atoms with Crippen LogP contribution < -0.4 is 5.32 Å². The van der Waals surface area contributed by atoms with E-state index < -0.39 is 0 Å². The first-order valence-corrected chi connectivity index (χ1v) is 9.81. The highest BCUT2D eigenvalue weighted by Gasteiger charge is 2.16. The summed E-state index contributed by atoms with van der Waals surface area (Å²) in [6, 6.07) is 13.3. The van der Waals surface area contributed by atoms with Crippen molar-refractivity contribution in [3.63, 3.8) is 0 Å². The third-order valence-corrected chi connectivity index (χ3v) is 5.08. The van der Waals surface area contributed by atoms with Crippen LogP contribution in [-0.2, 0) is 9.59 Å². The topological polar surface area (TPSA) is 80.1 Å². The molecule has 0 aliphatic heterocycles. The minimum Gasteiger partial charge on any atom is -0.336 e. The highest BCUT2D eigenvalue weighted by Crippen LogP contribution is 2.21. The van der Waals surface area contributed by atoms with Gasteiger partial charge in [0.1, 0.15) is 12.1 Å². The molecule has 3 aromatic rings. The summed E-state index contributed by atoms with van der Waals surface area (Å²) < 4.78 is 14.7. The monoisotopic (exact) mass is 413 g/mol. The van der Waals surface area contributed by atoms with Gasteiger partial charge in [-0.3, -0.25) is 14.2 Å². The van der Waals surface area contributed by atoms with Gasteiger partial charge in [0.05, 0.1) is 18.0 Å². The van der Waals surface area contributed by atoms with Crippen LogP contribution >= 0.6 is 11.8 Å². The number of nitrogens with one attached hydrogen (secondary N) is 1. The van der Waals surface area contributed by atoms with Crippen molar-refractivity contribution in [2.75, 3.05) is 24.7 Å². The van der Waals surface area contributed by atoms with Crippen molar-refractivity contribution in [3.05, 3.63) is 66.2 Å². The van der Waals surface area contributed by atoms with E-state index in [-0.39, 0.29) is 29.9 Å². The molecule has 1 aromatic heterocycles. The van der Waals surface area contributed by atoms with Crippen molar-refractivity contribution in [2.24, 2.45) is 0 Å². The molecule has 1 N–H and O–H groups in total. The fourth-order valence-electron chi connectivity index (χ4n) is 2.60. The van der Waals surface area contributed by atoms with Crippen molar-refractivity contribution in [1.82, 2.24) is 19.7 Å². The molecule has 9 heteroatoms. The van der Waals surface area contributed by atoms with Gasteiger partial charge in [-0.2, -0.15) is 0 Å². The second-order valence-electron chi connectivity index (χ2n) is 6.36. The summed E-state index contributed by atoms with van der Waals surface area (Å²) in [5.74, 6) is -0.847. The first kappa shape index (κ1) is 20.5. The number of rotatable bonds is 7. The van der Waals surface area contributed by atoms with Crippen LogP contribution in [0.1, 0.15) is 5.56 Å². The molecule has 1 heterocycles. The zero-order valence-corrected chi connectivity index (χ0v) is 16.8. The summed E-state index contributed by atoms with van der Waals surface area (Å²) in [5, 5.41) is 11.2. The molecule has 0 bridgehead atoms. The predicted molar refractivity (Wildman–Crippen MR) is 109 cm³/mol. The molecular formula is C20H20FN5O2S. The number of amides is 2. The van der Waals surface area contributed by atoms with E-state index in [0.717, 1.165) is 11.3 Å². The van der Waals surface area contributed by atoms with Gasteiger partial charge in [0, 0.05) is 12.7 Å². The number of benzene rings is 2. The lowest BCUT2D eigenvalue weighted by Gasteiger charge is -2.16. The third-order valence-electron chi connectivity index (χ3n) is 4.15. The van der Waals surface area contributed by atoms with Crippen LogP contribution in [0.25, 0.3) is 5.69 Å². The number of thioether (sulfide) groups is 1. The van der Waals surface area contributed by atoms with Gasteiger partial charge in [-0.25, -0.2) is 4.39 Å². The van der Waals surface area contributed by atoms with Crippen LogP contribution in [-0.4, -0.2) is 50.8 Å². The van der Waals surface area contributed by atoms with Gasteiger partial charge in [0.2, 0.25) is 11.8 Å². The number of para-hydroxylation sites is 1. The standard InChI is InChI=1S/C20H20FN5O2S/c1-14-5-3-4-6-17(14)26-13-22-24-20(26)29-12-19(28)25(2)11-18(27)23-16-9-7-15(21)8-10-16/h3-10,13H,11-12H2,1-2H3,(H,23,27). The highest BCUT2D eigenvalue weighted by atomic mass is 32.2. The number of hydrogen-bond donors (Lipinski definition) is 1. The minimum absolute atomic E-state index is 0.110. The molecule has 0 radical (unpaired) electrons. The van der Waals surface area contributed by atoms with Crippen molar-refractivity contribution in [1.29, 1.82) is 0 Å². The van der Waals surface area contributed by atoms with Crippen LogP contribution in [0.5, 0.6) is 0 Å². The van der Waals surface area contributed by atoms with Crippen LogP contribution in [0, 0.1) is 12.7 Å². The van der Waals surface area contributed by atoms with Crippen LogP contribution in [0.15, 0.2) is 60.0 Å². The van der Waals surface area contributed by atoms with Gasteiger partial charge in [-0.15, -0.1) is 10.2 Å². The maximum absolute atomic E-state index is 12.9. The van der Waals surface area contributed by atoms with Gasteiger partial charge >= 0.3 is 0 Å². The Morgan fingerprint density at radius 1 is 1.17 bits per heavy atom. The molecule has 7 nitrogen and oxygen atoms in total. The summed E-state index contributed by atoms with van der Waals surface area (Å²) in [6.07, 6.45) is 1.61. The first-order chi connectivity index (χ1) is 13.9. The minimum atomic E-state index is -0.383. The molecule has 0 atom stereocenters. The fraction of sp³-hybridized carbons (Fsp3) is 0.200. The van der Waals surface area contributed by atoms with Crippen LogP contribution in [0.3, 0.4) is 0 Å². The number of carbonyl (C=O) groups excluding carboxylic acids is 2. The number of carbonyl (C=O) groups is 2. The van der Waals surface area contributed by atoms with E-state index in [4.69, 9.17) is 0 Å². The lowest BCUT2D eigenvalue weighted by Crippen LogP contribution is -2.36. The Morgan fingerprint density at radius 2 is 1.90 bits per heavy atom. The maximum Gasteiger partial charge on any atom is 0.243 e. The number of anilines is 1. The Hall–Kier alpha value is -3.20. The van der Waals surface area contributed by atoms with E-state index in [1.165, 1.54) is 40.9 Å². The zero-order valence-electron chi connectivity index (χ0n) is 16.0. The highest BCUT2D eigenvalue weighted by molar-refractivity contribution is 7.99. The average Bonchev–Trinajstić information content (AvgIpc) is 3.16. The van der Waals surface area contributed by atoms with E-state index >= 15 is 0 Å². The largest absolute Gasteiger partial charge is 0.336 e. The summed E-state index contributed by atoms with van der Waals surface area (Å²) in [4.78, 5) is 25.8. The molecule has 2 amide bonds. The van der Waals surface area contributed by atoms with Crippen LogP contribution in [0.2, 0.25) is 0 Å². The Labute approximate surface area is 171 Å². The van der Waals surface area contributed by atoms with E-state index in [1.54, 1.807) is 13.4 Å². The molecule has 0 aliphatic rings. The zero-order chi connectivity index (χ0) is 20.8. The lowest BCUT2D eigenvalue weighted by atomic mass is 10.2. The molecular weight excluding hydrogens is 393 g/mol. The van der Waals surface area contributed by atoms with Crippen molar-refractivity contribution in [2.45, 2.75) is 12.1 Å². The van der Waals surface area contributed by atoms with Crippen LogP contribution in [0.4, 0.5) is 10.1 Å². The van der Waals surface area contributed by atoms with E-state index in [1.807, 2.05) is 35.8 Å². The molecule has 150 valence electrons. The maximum atomic E-state index is 12.9. The van der Waals surface area contributed by atoms with E-state index in [9.17, 15) is 14.0 Å². The number of likely N-dealkylation sites (N-methyl/N-ethyl adjacent to an activating group) is 1. The Balaban J connectivity index is 1.54. The molecule has 0 saturated carbocycles. The molecule has 3 rings (SSSR count). The smallest absolute Gasteiger partial charge is 0.243 e.